The highest BCUT2D eigenvalue weighted by Crippen LogP contribution is 2.14. The van der Waals surface area contributed by atoms with E-state index in [0.717, 1.165) is 31.3 Å². The minimum atomic E-state index is -4.02. The van der Waals surface area contributed by atoms with E-state index in [1.165, 1.54) is 0 Å². The number of likely N-dealkylation sites (N-methyl/N-ethyl adjacent to an activating group) is 1. The van der Waals surface area contributed by atoms with Crippen molar-refractivity contribution in [3.8, 4) is 0 Å². The van der Waals surface area contributed by atoms with Crippen molar-refractivity contribution in [1.29, 1.82) is 0 Å². The molecule has 0 atom stereocenters. The summed E-state index contributed by atoms with van der Waals surface area (Å²) in [7, 11) is -2.88. The second-order valence-electron chi connectivity index (χ2n) is 6.03. The lowest BCUT2D eigenvalue weighted by molar-refractivity contribution is -0.148. The molecule has 0 aromatic heterocycles. The summed E-state index contributed by atoms with van der Waals surface area (Å²) in [5, 5.41) is 4.42. The summed E-state index contributed by atoms with van der Waals surface area (Å²) >= 11 is 0. The first-order valence-corrected chi connectivity index (χ1v) is 9.41. The molecule has 1 rings (SSSR count). The highest BCUT2D eigenvalue weighted by atomic mass is 32.2. The Balaban J connectivity index is 2.48. The third kappa shape index (κ3) is 7.71. The Labute approximate surface area is 156 Å². The van der Waals surface area contributed by atoms with Gasteiger partial charge in [0, 0.05) is 13.6 Å². The van der Waals surface area contributed by atoms with Gasteiger partial charge in [0.2, 0.25) is 10.0 Å². The van der Waals surface area contributed by atoms with Crippen LogP contribution in [0.3, 0.4) is 0 Å². The van der Waals surface area contributed by atoms with E-state index in [0.29, 0.717) is 10.8 Å². The molecule has 1 aromatic rings. The number of nitrogens with zero attached hydrogens (tertiary/aromatic N) is 1. The maximum atomic E-state index is 12.9. The number of nitrogens with one attached hydrogen (secondary N) is 2. The third-order valence-electron chi connectivity index (χ3n) is 3.16. The minimum Gasteiger partial charge on any atom is -0.455 e. The van der Waals surface area contributed by atoms with Gasteiger partial charge in [0.25, 0.3) is 5.91 Å². The first-order valence-electron chi connectivity index (χ1n) is 7.97. The molecule has 0 aliphatic rings. The van der Waals surface area contributed by atoms with E-state index in [1.807, 2.05) is 19.2 Å². The fraction of sp³-hybridized carbons (Fsp3) is 0.438. The van der Waals surface area contributed by atoms with Crippen LogP contribution in [0.5, 0.6) is 0 Å². The molecule has 0 heterocycles. The third-order valence-corrected chi connectivity index (χ3v) is 4.98. The van der Waals surface area contributed by atoms with Gasteiger partial charge in [0.15, 0.2) is 6.61 Å². The number of hydrogen-bond donors (Lipinski definition) is 2. The Bertz CT molecular complexity index is 780. The van der Waals surface area contributed by atoms with Gasteiger partial charge in [0.1, 0.15) is 12.4 Å². The summed E-state index contributed by atoms with van der Waals surface area (Å²) in [5.41, 5.74) is 0. The number of amides is 3. The van der Waals surface area contributed by atoms with Crippen LogP contribution in [-0.2, 0) is 24.3 Å². The summed E-state index contributed by atoms with van der Waals surface area (Å²) < 4.78 is 42.8. The van der Waals surface area contributed by atoms with E-state index < -0.39 is 46.9 Å². The number of esters is 1. The quantitative estimate of drug-likeness (QED) is 0.609. The van der Waals surface area contributed by atoms with E-state index in [1.54, 1.807) is 0 Å². The fourth-order valence-corrected chi connectivity index (χ4v) is 2.86. The van der Waals surface area contributed by atoms with Gasteiger partial charge in [-0.3, -0.25) is 14.9 Å². The smallest absolute Gasteiger partial charge is 0.321 e. The molecule has 11 heteroatoms. The number of hydrogen-bond acceptors (Lipinski definition) is 6. The SMILES string of the molecule is CC(C)CNC(=O)NC(=O)COC(=O)CN(C)S(=O)(=O)c1ccc(F)cc1. The van der Waals surface area contributed by atoms with E-state index in [-0.39, 0.29) is 10.8 Å². The molecular weight excluding hydrogens is 381 g/mol. The molecule has 0 spiro atoms. The molecule has 9 nitrogen and oxygen atoms in total. The Kier molecular flexibility index (Phi) is 8.32. The van der Waals surface area contributed by atoms with Gasteiger partial charge in [-0.2, -0.15) is 4.31 Å². The predicted molar refractivity (Wildman–Crippen MR) is 93.6 cm³/mol. The van der Waals surface area contributed by atoms with Crippen LogP contribution >= 0.6 is 0 Å². The topological polar surface area (TPSA) is 122 Å². The zero-order chi connectivity index (χ0) is 20.6. The second-order valence-corrected chi connectivity index (χ2v) is 8.07. The van der Waals surface area contributed by atoms with Crippen molar-refractivity contribution < 1.29 is 31.9 Å². The monoisotopic (exact) mass is 403 g/mol. The van der Waals surface area contributed by atoms with Crippen molar-refractivity contribution in [2.75, 3.05) is 26.7 Å². The highest BCUT2D eigenvalue weighted by molar-refractivity contribution is 7.89. The van der Waals surface area contributed by atoms with E-state index in [4.69, 9.17) is 0 Å². The summed E-state index contributed by atoms with van der Waals surface area (Å²) in [6, 6.07) is 3.37. The van der Waals surface area contributed by atoms with Crippen LogP contribution in [0.4, 0.5) is 9.18 Å². The molecule has 0 radical (unpaired) electrons. The number of carbonyl (C=O) groups excluding carboxylic acids is 3. The lowest BCUT2D eigenvalue weighted by Gasteiger charge is -2.16. The van der Waals surface area contributed by atoms with Crippen molar-refractivity contribution >= 4 is 27.9 Å². The fourth-order valence-electron chi connectivity index (χ4n) is 1.75. The largest absolute Gasteiger partial charge is 0.455 e. The van der Waals surface area contributed by atoms with Gasteiger partial charge in [-0.05, 0) is 30.2 Å². The summed E-state index contributed by atoms with van der Waals surface area (Å²) in [6.45, 7) is 2.72. The number of rotatable bonds is 8. The molecule has 2 N–H and O–H groups in total. The summed E-state index contributed by atoms with van der Waals surface area (Å²) in [4.78, 5) is 34.4. The first-order chi connectivity index (χ1) is 12.5. The van der Waals surface area contributed by atoms with Crippen LogP contribution in [0.25, 0.3) is 0 Å². The van der Waals surface area contributed by atoms with Crippen molar-refractivity contribution in [3.63, 3.8) is 0 Å². The minimum absolute atomic E-state index is 0.196. The number of urea groups is 1. The zero-order valence-corrected chi connectivity index (χ0v) is 16.0. The maximum absolute atomic E-state index is 12.9. The molecule has 0 aliphatic heterocycles. The van der Waals surface area contributed by atoms with Crippen LogP contribution in [0, 0.1) is 11.7 Å². The average molecular weight is 403 g/mol. The molecule has 0 saturated carbocycles. The van der Waals surface area contributed by atoms with Gasteiger partial charge >= 0.3 is 12.0 Å². The molecule has 150 valence electrons. The summed E-state index contributed by atoms with van der Waals surface area (Å²) in [5.74, 6) is -2.24. The van der Waals surface area contributed by atoms with E-state index in [9.17, 15) is 27.2 Å². The molecular formula is C16H22FN3O6S. The number of carbonyl (C=O) groups is 3. The van der Waals surface area contributed by atoms with Crippen LogP contribution in [0.15, 0.2) is 29.2 Å². The molecule has 0 bridgehead atoms. The Morgan fingerprint density at radius 2 is 1.78 bits per heavy atom. The Morgan fingerprint density at radius 3 is 2.33 bits per heavy atom. The molecule has 3 amide bonds. The number of halogens is 1. The lowest BCUT2D eigenvalue weighted by atomic mass is 10.2. The van der Waals surface area contributed by atoms with Gasteiger partial charge < -0.3 is 10.1 Å². The first kappa shape index (κ1) is 22.5. The number of ether oxygens (including phenoxy) is 1. The van der Waals surface area contributed by atoms with Crippen LogP contribution in [0.2, 0.25) is 0 Å². The highest BCUT2D eigenvalue weighted by Gasteiger charge is 2.24. The normalized spacial score (nSPS) is 11.3. The molecule has 27 heavy (non-hydrogen) atoms. The maximum Gasteiger partial charge on any atom is 0.321 e. The van der Waals surface area contributed by atoms with Crippen LogP contribution in [0.1, 0.15) is 13.8 Å². The van der Waals surface area contributed by atoms with Crippen LogP contribution in [-0.4, -0.2) is 57.4 Å². The molecule has 0 fully saturated rings. The van der Waals surface area contributed by atoms with Gasteiger partial charge in [-0.1, -0.05) is 13.8 Å². The molecule has 0 aliphatic carbocycles. The zero-order valence-electron chi connectivity index (χ0n) is 15.2. The second kappa shape index (κ2) is 9.97. The van der Waals surface area contributed by atoms with Crippen LogP contribution < -0.4 is 10.6 Å². The van der Waals surface area contributed by atoms with E-state index in [2.05, 4.69) is 10.1 Å². The number of benzene rings is 1. The van der Waals surface area contributed by atoms with Crippen molar-refractivity contribution in [2.24, 2.45) is 5.92 Å². The molecule has 1 aromatic carbocycles. The predicted octanol–water partition coefficient (Wildman–Crippen LogP) is 0.471. The van der Waals surface area contributed by atoms with Gasteiger partial charge in [-0.15, -0.1) is 0 Å². The Morgan fingerprint density at radius 1 is 1.19 bits per heavy atom. The summed E-state index contributed by atoms with van der Waals surface area (Å²) in [6.07, 6.45) is 0. The number of imide groups is 1. The van der Waals surface area contributed by atoms with Gasteiger partial charge in [-0.25, -0.2) is 17.6 Å². The Hall–Kier alpha value is -2.53. The van der Waals surface area contributed by atoms with Crippen molar-refractivity contribution in [1.82, 2.24) is 14.9 Å². The average Bonchev–Trinajstić information content (AvgIpc) is 2.58. The molecule has 0 unspecified atom stereocenters. The van der Waals surface area contributed by atoms with Crippen molar-refractivity contribution in [2.45, 2.75) is 18.7 Å². The number of sulfonamides is 1. The lowest BCUT2D eigenvalue weighted by Crippen LogP contribution is -2.43. The standard InChI is InChI=1S/C16H22FN3O6S/c1-11(2)8-18-16(23)19-14(21)10-26-15(22)9-20(3)27(24,25)13-6-4-12(17)5-7-13/h4-7,11H,8-10H2,1-3H3,(H2,18,19,21,23). The van der Waals surface area contributed by atoms with Crippen molar-refractivity contribution in [3.05, 3.63) is 30.1 Å². The van der Waals surface area contributed by atoms with Gasteiger partial charge in [0.05, 0.1) is 4.90 Å². The molecule has 0 saturated heterocycles. The van der Waals surface area contributed by atoms with E-state index >= 15 is 0 Å².